The Morgan fingerprint density at radius 2 is 2.24 bits per heavy atom. The molecule has 6 heteroatoms. The Bertz CT molecular complexity index is 383. The molecule has 1 aliphatic rings. The topological polar surface area (TPSA) is 71.3 Å². The number of rotatable bonds is 3. The quantitative estimate of drug-likeness (QED) is 0.820. The molecule has 6 nitrogen and oxygen atoms in total. The second-order valence-electron chi connectivity index (χ2n) is 4.40. The van der Waals surface area contributed by atoms with Crippen molar-refractivity contribution in [3.63, 3.8) is 0 Å². The molecule has 0 saturated carbocycles. The van der Waals surface area contributed by atoms with Gasteiger partial charge in [0.1, 0.15) is 0 Å². The maximum absolute atomic E-state index is 11.2. The van der Waals surface area contributed by atoms with E-state index in [0.717, 1.165) is 31.8 Å². The summed E-state index contributed by atoms with van der Waals surface area (Å²) in [6, 6.07) is 0. The maximum atomic E-state index is 11.2. The Balaban J connectivity index is 1.84. The first-order chi connectivity index (χ1) is 8.19. The first-order valence-electron chi connectivity index (χ1n) is 5.92. The fourth-order valence-electron chi connectivity index (χ4n) is 2.10. The molecule has 1 aliphatic heterocycles. The Kier molecular flexibility index (Phi) is 3.73. The monoisotopic (exact) mass is 238 g/mol. The van der Waals surface area contributed by atoms with Crippen molar-refractivity contribution in [2.24, 2.45) is 0 Å². The van der Waals surface area contributed by atoms with Crippen LogP contribution in [0.1, 0.15) is 30.5 Å². The molecule has 0 aliphatic carbocycles. The fourth-order valence-corrected chi connectivity index (χ4v) is 2.10. The molecule has 1 saturated heterocycles. The number of likely N-dealkylation sites (N-methyl/N-ethyl adjacent to an activating group) is 1. The van der Waals surface area contributed by atoms with Crippen LogP contribution in [0, 0.1) is 6.92 Å². The third-order valence-corrected chi connectivity index (χ3v) is 3.13. The van der Waals surface area contributed by atoms with Crippen LogP contribution in [0.15, 0.2) is 4.52 Å². The minimum absolute atomic E-state index is 0.0667. The van der Waals surface area contributed by atoms with Gasteiger partial charge in [-0.05, 0) is 32.9 Å². The van der Waals surface area contributed by atoms with Crippen molar-refractivity contribution in [3.05, 3.63) is 11.7 Å². The SMILES string of the molecule is CNC(=O)CN1CCC(c2nc(C)no2)CC1. The molecule has 1 aromatic rings. The number of piperidine rings is 1. The summed E-state index contributed by atoms with van der Waals surface area (Å²) in [7, 11) is 1.66. The molecule has 2 rings (SSSR count). The van der Waals surface area contributed by atoms with E-state index >= 15 is 0 Å². The van der Waals surface area contributed by atoms with Gasteiger partial charge in [0, 0.05) is 13.0 Å². The zero-order chi connectivity index (χ0) is 12.3. The summed E-state index contributed by atoms with van der Waals surface area (Å²) < 4.78 is 5.18. The average molecular weight is 238 g/mol. The highest BCUT2D eigenvalue weighted by atomic mass is 16.5. The molecule has 0 aromatic carbocycles. The van der Waals surface area contributed by atoms with E-state index < -0.39 is 0 Å². The Morgan fingerprint density at radius 1 is 1.53 bits per heavy atom. The maximum Gasteiger partial charge on any atom is 0.233 e. The number of carbonyl (C=O) groups is 1. The van der Waals surface area contributed by atoms with Crippen LogP contribution in [-0.4, -0.2) is 47.6 Å². The zero-order valence-electron chi connectivity index (χ0n) is 10.3. The molecular weight excluding hydrogens is 220 g/mol. The van der Waals surface area contributed by atoms with Crippen molar-refractivity contribution in [1.82, 2.24) is 20.4 Å². The highest BCUT2D eigenvalue weighted by Gasteiger charge is 2.25. The standard InChI is InChI=1S/C11H18N4O2/c1-8-13-11(17-14-8)9-3-5-15(6-4-9)7-10(16)12-2/h9H,3-7H2,1-2H3,(H,12,16). The van der Waals surface area contributed by atoms with Gasteiger partial charge in [0.25, 0.3) is 0 Å². The number of carbonyl (C=O) groups excluding carboxylic acids is 1. The molecule has 0 unspecified atom stereocenters. The number of nitrogens with one attached hydrogen (secondary N) is 1. The van der Waals surface area contributed by atoms with Crippen LogP contribution in [0.25, 0.3) is 0 Å². The van der Waals surface area contributed by atoms with Gasteiger partial charge in [0.05, 0.1) is 6.54 Å². The molecule has 94 valence electrons. The predicted molar refractivity (Wildman–Crippen MR) is 61.5 cm³/mol. The summed E-state index contributed by atoms with van der Waals surface area (Å²) in [4.78, 5) is 17.7. The lowest BCUT2D eigenvalue weighted by atomic mass is 9.97. The van der Waals surface area contributed by atoms with E-state index in [0.29, 0.717) is 18.3 Å². The van der Waals surface area contributed by atoms with Gasteiger partial charge in [-0.1, -0.05) is 5.16 Å². The van der Waals surface area contributed by atoms with Crippen LogP contribution in [0.4, 0.5) is 0 Å². The zero-order valence-corrected chi connectivity index (χ0v) is 10.3. The first-order valence-corrected chi connectivity index (χ1v) is 5.92. The van der Waals surface area contributed by atoms with E-state index in [2.05, 4.69) is 20.4 Å². The Labute approximate surface area is 100 Å². The number of aromatic nitrogens is 2. The van der Waals surface area contributed by atoms with Crippen molar-refractivity contribution < 1.29 is 9.32 Å². The molecule has 1 fully saturated rings. The third kappa shape index (κ3) is 3.03. The van der Waals surface area contributed by atoms with Gasteiger partial charge >= 0.3 is 0 Å². The van der Waals surface area contributed by atoms with Crippen LogP contribution < -0.4 is 5.32 Å². The van der Waals surface area contributed by atoms with Gasteiger partial charge in [-0.25, -0.2) is 0 Å². The van der Waals surface area contributed by atoms with Crippen LogP contribution in [0.5, 0.6) is 0 Å². The summed E-state index contributed by atoms with van der Waals surface area (Å²) >= 11 is 0. The molecular formula is C11H18N4O2. The largest absolute Gasteiger partial charge is 0.358 e. The van der Waals surface area contributed by atoms with Gasteiger partial charge in [-0.2, -0.15) is 4.98 Å². The van der Waals surface area contributed by atoms with E-state index in [9.17, 15) is 4.79 Å². The van der Waals surface area contributed by atoms with Gasteiger partial charge in [-0.15, -0.1) is 0 Å². The summed E-state index contributed by atoms with van der Waals surface area (Å²) in [6.07, 6.45) is 1.94. The predicted octanol–water partition coefficient (Wildman–Crippen LogP) is 0.303. The lowest BCUT2D eigenvalue weighted by molar-refractivity contribution is -0.122. The lowest BCUT2D eigenvalue weighted by Gasteiger charge is -2.29. The van der Waals surface area contributed by atoms with Crippen molar-refractivity contribution in [2.45, 2.75) is 25.7 Å². The number of hydrogen-bond acceptors (Lipinski definition) is 5. The molecule has 0 spiro atoms. The number of aryl methyl sites for hydroxylation is 1. The van der Waals surface area contributed by atoms with Gasteiger partial charge in [0.2, 0.25) is 11.8 Å². The third-order valence-electron chi connectivity index (χ3n) is 3.13. The van der Waals surface area contributed by atoms with E-state index in [1.54, 1.807) is 7.05 Å². The number of amides is 1. The van der Waals surface area contributed by atoms with E-state index in [-0.39, 0.29) is 5.91 Å². The number of hydrogen-bond donors (Lipinski definition) is 1. The van der Waals surface area contributed by atoms with E-state index in [4.69, 9.17) is 4.52 Å². The molecule has 1 aromatic heterocycles. The van der Waals surface area contributed by atoms with E-state index in [1.165, 1.54) is 0 Å². The molecule has 0 atom stereocenters. The smallest absolute Gasteiger partial charge is 0.233 e. The molecule has 1 amide bonds. The van der Waals surface area contributed by atoms with Gasteiger partial charge < -0.3 is 9.84 Å². The summed E-state index contributed by atoms with van der Waals surface area (Å²) in [6.45, 7) is 4.11. The second kappa shape index (κ2) is 5.27. The molecule has 1 N–H and O–H groups in total. The molecule has 2 heterocycles. The van der Waals surface area contributed by atoms with Crippen molar-refractivity contribution >= 4 is 5.91 Å². The number of likely N-dealkylation sites (tertiary alicyclic amines) is 1. The van der Waals surface area contributed by atoms with Crippen molar-refractivity contribution in [3.8, 4) is 0 Å². The normalized spacial score (nSPS) is 18.2. The van der Waals surface area contributed by atoms with Crippen LogP contribution >= 0.6 is 0 Å². The van der Waals surface area contributed by atoms with Gasteiger partial charge in [-0.3, -0.25) is 9.69 Å². The van der Waals surface area contributed by atoms with Crippen LogP contribution in [-0.2, 0) is 4.79 Å². The minimum Gasteiger partial charge on any atom is -0.358 e. The van der Waals surface area contributed by atoms with Crippen molar-refractivity contribution in [2.75, 3.05) is 26.7 Å². The Morgan fingerprint density at radius 3 is 2.76 bits per heavy atom. The van der Waals surface area contributed by atoms with Crippen LogP contribution in [0.2, 0.25) is 0 Å². The minimum atomic E-state index is 0.0667. The number of nitrogens with zero attached hydrogens (tertiary/aromatic N) is 3. The van der Waals surface area contributed by atoms with Crippen molar-refractivity contribution in [1.29, 1.82) is 0 Å². The van der Waals surface area contributed by atoms with Crippen LogP contribution in [0.3, 0.4) is 0 Å². The molecule has 0 radical (unpaired) electrons. The highest BCUT2D eigenvalue weighted by Crippen LogP contribution is 2.26. The first kappa shape index (κ1) is 12.0. The summed E-state index contributed by atoms with van der Waals surface area (Å²) in [5.74, 6) is 1.84. The second-order valence-corrected chi connectivity index (χ2v) is 4.40. The molecule has 0 bridgehead atoms. The van der Waals surface area contributed by atoms with Gasteiger partial charge in [0.15, 0.2) is 5.82 Å². The fraction of sp³-hybridized carbons (Fsp3) is 0.727. The lowest BCUT2D eigenvalue weighted by Crippen LogP contribution is -2.40. The summed E-state index contributed by atoms with van der Waals surface area (Å²) in [5, 5.41) is 6.45. The van der Waals surface area contributed by atoms with E-state index in [1.807, 2.05) is 6.92 Å². The highest BCUT2D eigenvalue weighted by molar-refractivity contribution is 5.77. The average Bonchev–Trinajstić information content (AvgIpc) is 2.77. The Hall–Kier alpha value is -1.43. The summed E-state index contributed by atoms with van der Waals surface area (Å²) in [5.41, 5.74) is 0. The molecule has 17 heavy (non-hydrogen) atoms.